The van der Waals surface area contributed by atoms with E-state index in [2.05, 4.69) is 10.4 Å². The van der Waals surface area contributed by atoms with Crippen LogP contribution in [0.2, 0.25) is 5.02 Å². The predicted molar refractivity (Wildman–Crippen MR) is 146 cm³/mol. The van der Waals surface area contributed by atoms with Crippen molar-refractivity contribution in [3.63, 3.8) is 0 Å². The first-order chi connectivity index (χ1) is 19.6. The molecule has 2 amide bonds. The van der Waals surface area contributed by atoms with Crippen molar-refractivity contribution in [2.24, 2.45) is 7.05 Å². The fraction of sp³-hybridized carbons (Fsp3) is 0.172. The van der Waals surface area contributed by atoms with Gasteiger partial charge < -0.3 is 20.1 Å². The van der Waals surface area contributed by atoms with Crippen LogP contribution in [0.3, 0.4) is 0 Å². The fourth-order valence-electron chi connectivity index (χ4n) is 4.69. The predicted octanol–water partition coefficient (Wildman–Crippen LogP) is 4.93. The van der Waals surface area contributed by atoms with Gasteiger partial charge >= 0.3 is 5.97 Å². The quantitative estimate of drug-likeness (QED) is 0.320. The Morgan fingerprint density at radius 1 is 1.10 bits per heavy atom. The summed E-state index contributed by atoms with van der Waals surface area (Å²) in [5.74, 6) is -3.66. The van der Waals surface area contributed by atoms with E-state index >= 15 is 0 Å². The minimum atomic E-state index is -1.31. The number of fused-ring (bicyclic) bond motifs is 3. The van der Waals surface area contributed by atoms with Crippen molar-refractivity contribution in [1.82, 2.24) is 14.7 Å². The van der Waals surface area contributed by atoms with E-state index in [9.17, 15) is 28.3 Å². The highest BCUT2D eigenvalue weighted by atomic mass is 35.5. The van der Waals surface area contributed by atoms with E-state index in [0.29, 0.717) is 34.0 Å². The van der Waals surface area contributed by atoms with Crippen LogP contribution in [-0.4, -0.2) is 50.7 Å². The number of carbonyl (C=O) groups excluding carboxylic acids is 2. The molecule has 5 rings (SSSR count). The SMILES string of the molecule is Cn1nc(C(=O)N(CC(=O)Nc2cc(C(=O)O)ccc2F)Cc2ccccc2F)c2c1-c1cc(Cl)ccc1OCC2. The van der Waals surface area contributed by atoms with Gasteiger partial charge in [-0.25, -0.2) is 13.6 Å². The second-order valence-corrected chi connectivity index (χ2v) is 9.78. The number of nitrogens with one attached hydrogen (secondary N) is 1. The van der Waals surface area contributed by atoms with Crippen LogP contribution in [0.25, 0.3) is 11.3 Å². The van der Waals surface area contributed by atoms with Crippen LogP contribution in [0.15, 0.2) is 60.7 Å². The highest BCUT2D eigenvalue weighted by Crippen LogP contribution is 2.38. The molecule has 0 spiro atoms. The third-order valence-corrected chi connectivity index (χ3v) is 6.82. The largest absolute Gasteiger partial charge is 0.493 e. The molecule has 0 bridgehead atoms. The first-order valence-electron chi connectivity index (χ1n) is 12.5. The summed E-state index contributed by atoms with van der Waals surface area (Å²) in [4.78, 5) is 39.4. The number of carboxylic acid groups (broad SMARTS) is 1. The van der Waals surface area contributed by atoms with Crippen LogP contribution in [0.4, 0.5) is 14.5 Å². The molecular weight excluding hydrogens is 558 g/mol. The molecule has 1 aliphatic rings. The summed E-state index contributed by atoms with van der Waals surface area (Å²) in [6.45, 7) is -0.643. The van der Waals surface area contributed by atoms with E-state index in [-0.39, 0.29) is 35.7 Å². The van der Waals surface area contributed by atoms with Gasteiger partial charge in [-0.15, -0.1) is 0 Å². The van der Waals surface area contributed by atoms with Crippen molar-refractivity contribution in [1.29, 1.82) is 0 Å². The highest BCUT2D eigenvalue weighted by molar-refractivity contribution is 6.31. The molecule has 4 aromatic rings. The zero-order valence-corrected chi connectivity index (χ0v) is 22.4. The molecule has 1 aromatic heterocycles. The summed E-state index contributed by atoms with van der Waals surface area (Å²) in [6.07, 6.45) is 0.323. The fourth-order valence-corrected chi connectivity index (χ4v) is 4.86. The Morgan fingerprint density at radius 3 is 2.63 bits per heavy atom. The molecule has 210 valence electrons. The molecule has 12 heteroatoms. The number of amides is 2. The molecule has 0 atom stereocenters. The first kappa shape index (κ1) is 27.8. The van der Waals surface area contributed by atoms with E-state index in [0.717, 1.165) is 23.1 Å². The van der Waals surface area contributed by atoms with Gasteiger partial charge in [-0.05, 0) is 42.5 Å². The molecule has 3 aromatic carbocycles. The molecule has 0 aliphatic carbocycles. The van der Waals surface area contributed by atoms with Gasteiger partial charge in [-0.1, -0.05) is 29.8 Å². The van der Waals surface area contributed by atoms with Crippen LogP contribution in [0.1, 0.15) is 32.0 Å². The van der Waals surface area contributed by atoms with Crippen molar-refractivity contribution in [2.75, 3.05) is 18.5 Å². The van der Waals surface area contributed by atoms with Gasteiger partial charge in [0.15, 0.2) is 5.69 Å². The standard InChI is InChI=1S/C29H23ClF2N4O5/c1-35-27-19(10-11-41-24-9-7-18(30)13-20(24)27)26(34-35)28(38)36(14-17-4-2-3-5-21(17)31)15-25(37)33-23-12-16(29(39)40)6-8-22(23)32/h2-9,12-13H,10-11,14-15H2,1H3,(H,33,37)(H,39,40). The average molecular weight is 581 g/mol. The first-order valence-corrected chi connectivity index (χ1v) is 12.8. The maximum atomic E-state index is 14.6. The van der Waals surface area contributed by atoms with Crippen molar-refractivity contribution >= 4 is 35.1 Å². The number of aryl methyl sites for hydroxylation is 1. The molecule has 0 radical (unpaired) electrons. The second-order valence-electron chi connectivity index (χ2n) is 9.34. The highest BCUT2D eigenvalue weighted by Gasteiger charge is 2.31. The summed E-state index contributed by atoms with van der Waals surface area (Å²) >= 11 is 6.24. The van der Waals surface area contributed by atoms with Gasteiger partial charge in [0.05, 0.1) is 23.6 Å². The van der Waals surface area contributed by atoms with Crippen LogP contribution >= 0.6 is 11.6 Å². The molecule has 0 fully saturated rings. The molecule has 0 saturated heterocycles. The molecule has 0 saturated carbocycles. The Hall–Kier alpha value is -4.77. The zero-order chi connectivity index (χ0) is 29.3. The van der Waals surface area contributed by atoms with Crippen LogP contribution in [0, 0.1) is 11.6 Å². The smallest absolute Gasteiger partial charge is 0.335 e. The number of halogens is 3. The molecule has 0 unspecified atom stereocenters. The minimum Gasteiger partial charge on any atom is -0.493 e. The number of nitrogens with zero attached hydrogens (tertiary/aromatic N) is 3. The third kappa shape index (κ3) is 5.75. The van der Waals surface area contributed by atoms with Gasteiger partial charge in [-0.3, -0.25) is 14.3 Å². The molecule has 9 nitrogen and oxygen atoms in total. The monoisotopic (exact) mass is 580 g/mol. The topological polar surface area (TPSA) is 114 Å². The summed E-state index contributed by atoms with van der Waals surface area (Å²) in [5.41, 5.74) is 1.41. The Kier molecular flexibility index (Phi) is 7.71. The summed E-state index contributed by atoms with van der Waals surface area (Å²) in [6, 6.07) is 13.9. The number of hydrogen-bond acceptors (Lipinski definition) is 5. The van der Waals surface area contributed by atoms with Crippen molar-refractivity contribution in [3.8, 4) is 17.0 Å². The number of aromatic carboxylic acids is 1. The molecule has 2 heterocycles. The molecule has 1 aliphatic heterocycles. The van der Waals surface area contributed by atoms with E-state index in [4.69, 9.17) is 16.3 Å². The number of ether oxygens (including phenoxy) is 1. The number of carbonyl (C=O) groups is 3. The van der Waals surface area contributed by atoms with Crippen LogP contribution in [0.5, 0.6) is 5.75 Å². The lowest BCUT2D eigenvalue weighted by atomic mass is 10.0. The second kappa shape index (κ2) is 11.4. The number of aromatic nitrogens is 2. The van der Waals surface area contributed by atoms with Gasteiger partial charge in [-0.2, -0.15) is 5.10 Å². The van der Waals surface area contributed by atoms with Crippen LogP contribution in [-0.2, 0) is 24.8 Å². The lowest BCUT2D eigenvalue weighted by Gasteiger charge is -2.22. The van der Waals surface area contributed by atoms with Gasteiger partial charge in [0.2, 0.25) is 5.91 Å². The summed E-state index contributed by atoms with van der Waals surface area (Å²) in [5, 5.41) is 16.5. The van der Waals surface area contributed by atoms with E-state index in [1.807, 2.05) is 0 Å². The number of rotatable bonds is 7. The van der Waals surface area contributed by atoms with Crippen molar-refractivity contribution in [3.05, 3.63) is 99.7 Å². The number of carboxylic acids is 1. The van der Waals surface area contributed by atoms with E-state index < -0.39 is 36.0 Å². The van der Waals surface area contributed by atoms with E-state index in [1.54, 1.807) is 31.3 Å². The number of anilines is 1. The number of hydrogen-bond donors (Lipinski definition) is 2. The molecule has 2 N–H and O–H groups in total. The van der Waals surface area contributed by atoms with Crippen molar-refractivity contribution < 1.29 is 33.0 Å². The minimum absolute atomic E-state index is 0.0436. The summed E-state index contributed by atoms with van der Waals surface area (Å²) in [7, 11) is 1.66. The van der Waals surface area contributed by atoms with Gasteiger partial charge in [0.1, 0.15) is 23.9 Å². The van der Waals surface area contributed by atoms with Crippen LogP contribution < -0.4 is 10.1 Å². The normalized spacial score (nSPS) is 12.0. The maximum absolute atomic E-state index is 14.6. The number of benzene rings is 3. The maximum Gasteiger partial charge on any atom is 0.335 e. The lowest BCUT2D eigenvalue weighted by molar-refractivity contribution is -0.117. The Balaban J connectivity index is 1.50. The van der Waals surface area contributed by atoms with Gasteiger partial charge in [0, 0.05) is 41.7 Å². The van der Waals surface area contributed by atoms with Crippen molar-refractivity contribution in [2.45, 2.75) is 13.0 Å². The third-order valence-electron chi connectivity index (χ3n) is 6.58. The van der Waals surface area contributed by atoms with E-state index in [1.165, 1.54) is 22.9 Å². The Labute approximate surface area is 237 Å². The van der Waals surface area contributed by atoms with Gasteiger partial charge in [0.25, 0.3) is 5.91 Å². The zero-order valence-electron chi connectivity index (χ0n) is 21.7. The average Bonchev–Trinajstić information content (AvgIpc) is 3.14. The lowest BCUT2D eigenvalue weighted by Crippen LogP contribution is -2.38. The summed E-state index contributed by atoms with van der Waals surface area (Å²) < 4.78 is 36.4. The Bertz CT molecular complexity index is 1690. The molecular formula is C29H23ClF2N4O5. The Morgan fingerprint density at radius 2 is 1.88 bits per heavy atom. The molecule has 41 heavy (non-hydrogen) atoms.